The molecule has 2 unspecified atom stereocenters. The zero-order valence-electron chi connectivity index (χ0n) is 13.5. The molecule has 2 atom stereocenters. The fourth-order valence-corrected chi connectivity index (χ4v) is 3.94. The molecule has 124 valence electrons. The normalized spacial score (nSPS) is 24.2. The monoisotopic (exact) mass is 315 g/mol. The number of rotatable bonds is 6. The number of carboxylic acids is 1. The Labute approximate surface area is 137 Å². The maximum atomic E-state index is 12.1. The van der Waals surface area contributed by atoms with E-state index in [9.17, 15) is 9.59 Å². The highest BCUT2D eigenvalue weighted by Gasteiger charge is 2.43. The third-order valence-corrected chi connectivity index (χ3v) is 5.31. The second-order valence-corrected chi connectivity index (χ2v) is 6.93. The van der Waals surface area contributed by atoms with Gasteiger partial charge in [0.25, 0.3) is 0 Å². The Morgan fingerprint density at radius 3 is 2.61 bits per heavy atom. The van der Waals surface area contributed by atoms with Crippen molar-refractivity contribution in [3.63, 3.8) is 0 Å². The molecule has 0 radical (unpaired) electrons. The van der Waals surface area contributed by atoms with Crippen molar-refractivity contribution in [2.45, 2.75) is 57.4 Å². The van der Waals surface area contributed by atoms with Crippen LogP contribution < -0.4 is 5.32 Å². The van der Waals surface area contributed by atoms with Crippen LogP contribution in [-0.4, -0.2) is 23.0 Å². The van der Waals surface area contributed by atoms with Crippen molar-refractivity contribution in [3.05, 3.63) is 35.4 Å². The summed E-state index contributed by atoms with van der Waals surface area (Å²) < 4.78 is 0. The van der Waals surface area contributed by atoms with E-state index in [1.165, 1.54) is 32.1 Å². The van der Waals surface area contributed by atoms with Crippen molar-refractivity contribution < 1.29 is 14.7 Å². The van der Waals surface area contributed by atoms with Gasteiger partial charge in [0.05, 0.1) is 5.56 Å². The predicted octanol–water partition coefficient (Wildman–Crippen LogP) is 3.40. The van der Waals surface area contributed by atoms with Crippen LogP contribution in [-0.2, 0) is 11.2 Å². The van der Waals surface area contributed by atoms with E-state index >= 15 is 0 Å². The third kappa shape index (κ3) is 4.12. The highest BCUT2D eigenvalue weighted by atomic mass is 16.4. The summed E-state index contributed by atoms with van der Waals surface area (Å²) in [6, 6.07) is 7.28. The van der Waals surface area contributed by atoms with Crippen LogP contribution in [0.5, 0.6) is 0 Å². The second kappa shape index (κ2) is 7.16. The average Bonchev–Trinajstić information content (AvgIpc) is 3.33. The minimum Gasteiger partial charge on any atom is -0.478 e. The van der Waals surface area contributed by atoms with Crippen LogP contribution in [0.15, 0.2) is 24.3 Å². The highest BCUT2D eigenvalue weighted by molar-refractivity contribution is 5.89. The van der Waals surface area contributed by atoms with Crippen molar-refractivity contribution >= 4 is 11.9 Å². The first-order chi connectivity index (χ1) is 11.1. The number of carbonyl (C=O) groups is 2. The molecule has 2 aliphatic carbocycles. The molecule has 2 fully saturated rings. The first-order valence-electron chi connectivity index (χ1n) is 8.75. The largest absolute Gasteiger partial charge is 0.478 e. The molecule has 0 spiro atoms. The number of hydrogen-bond acceptors (Lipinski definition) is 2. The van der Waals surface area contributed by atoms with Gasteiger partial charge in [-0.3, -0.25) is 4.79 Å². The molecule has 1 aromatic rings. The number of carbonyl (C=O) groups excluding carboxylic acids is 1. The summed E-state index contributed by atoms with van der Waals surface area (Å²) >= 11 is 0. The van der Waals surface area contributed by atoms with Crippen LogP contribution in [0.4, 0.5) is 0 Å². The molecule has 0 heterocycles. The Hall–Kier alpha value is -1.84. The SMILES string of the molecule is O=C(CCc1ccccc1C(=O)O)NC1CC1C1CCCCC1. The van der Waals surface area contributed by atoms with Crippen LogP contribution in [0.25, 0.3) is 0 Å². The van der Waals surface area contributed by atoms with Crippen LogP contribution >= 0.6 is 0 Å². The van der Waals surface area contributed by atoms with Gasteiger partial charge in [0.2, 0.25) is 5.91 Å². The molecule has 2 N–H and O–H groups in total. The average molecular weight is 315 g/mol. The van der Waals surface area contributed by atoms with Crippen LogP contribution in [0.1, 0.15) is 60.9 Å². The van der Waals surface area contributed by atoms with Crippen molar-refractivity contribution in [1.29, 1.82) is 0 Å². The van der Waals surface area contributed by atoms with Crippen molar-refractivity contribution in [2.75, 3.05) is 0 Å². The topological polar surface area (TPSA) is 66.4 Å². The fourth-order valence-electron chi connectivity index (χ4n) is 3.94. The third-order valence-electron chi connectivity index (χ3n) is 5.31. The Kier molecular flexibility index (Phi) is 4.99. The van der Waals surface area contributed by atoms with Crippen molar-refractivity contribution in [1.82, 2.24) is 5.32 Å². The molecule has 23 heavy (non-hydrogen) atoms. The molecular weight excluding hydrogens is 290 g/mol. The van der Waals surface area contributed by atoms with E-state index < -0.39 is 5.97 Å². The summed E-state index contributed by atoms with van der Waals surface area (Å²) in [6.45, 7) is 0. The van der Waals surface area contributed by atoms with Crippen LogP contribution in [0, 0.1) is 11.8 Å². The standard InChI is InChI=1S/C19H25NO3/c21-18(11-10-14-8-4-5-9-15(14)19(22)23)20-17-12-16(17)13-6-2-1-3-7-13/h4-5,8-9,13,16-17H,1-3,6-7,10-12H2,(H,20,21)(H,22,23). The summed E-state index contributed by atoms with van der Waals surface area (Å²) in [5, 5.41) is 12.3. The first kappa shape index (κ1) is 16.0. The zero-order valence-corrected chi connectivity index (χ0v) is 13.5. The number of carboxylic acid groups (broad SMARTS) is 1. The van der Waals surface area contributed by atoms with Gasteiger partial charge < -0.3 is 10.4 Å². The predicted molar refractivity (Wildman–Crippen MR) is 88.3 cm³/mol. The lowest BCUT2D eigenvalue weighted by atomic mass is 9.85. The summed E-state index contributed by atoms with van der Waals surface area (Å²) in [5.41, 5.74) is 1.03. The Morgan fingerprint density at radius 2 is 1.87 bits per heavy atom. The first-order valence-corrected chi connectivity index (χ1v) is 8.75. The van der Waals surface area contributed by atoms with E-state index in [0.717, 1.165) is 17.9 Å². The van der Waals surface area contributed by atoms with E-state index in [2.05, 4.69) is 5.32 Å². The van der Waals surface area contributed by atoms with Gasteiger partial charge in [-0.1, -0.05) is 50.3 Å². The van der Waals surface area contributed by atoms with E-state index in [0.29, 0.717) is 30.4 Å². The molecular formula is C19H25NO3. The van der Waals surface area contributed by atoms with E-state index in [1.54, 1.807) is 18.2 Å². The number of amides is 1. The van der Waals surface area contributed by atoms with E-state index in [-0.39, 0.29) is 5.91 Å². The molecule has 1 aromatic carbocycles. The lowest BCUT2D eigenvalue weighted by Crippen LogP contribution is -2.28. The Bertz CT molecular complexity index is 578. The number of aryl methyl sites for hydroxylation is 1. The lowest BCUT2D eigenvalue weighted by Gasteiger charge is -2.21. The van der Waals surface area contributed by atoms with Gasteiger partial charge in [0.15, 0.2) is 0 Å². The van der Waals surface area contributed by atoms with Crippen molar-refractivity contribution in [2.24, 2.45) is 11.8 Å². The van der Waals surface area contributed by atoms with Gasteiger partial charge in [-0.15, -0.1) is 0 Å². The van der Waals surface area contributed by atoms with Gasteiger partial charge in [-0.05, 0) is 36.3 Å². The van der Waals surface area contributed by atoms with Gasteiger partial charge in [-0.25, -0.2) is 4.79 Å². The molecule has 4 nitrogen and oxygen atoms in total. The van der Waals surface area contributed by atoms with E-state index in [1.807, 2.05) is 6.07 Å². The maximum Gasteiger partial charge on any atom is 0.335 e. The smallest absolute Gasteiger partial charge is 0.335 e. The summed E-state index contributed by atoms with van der Waals surface area (Å²) in [6.07, 6.45) is 8.66. The zero-order chi connectivity index (χ0) is 16.2. The molecule has 0 bridgehead atoms. The summed E-state index contributed by atoms with van der Waals surface area (Å²) in [7, 11) is 0. The van der Waals surface area contributed by atoms with Gasteiger partial charge in [-0.2, -0.15) is 0 Å². The van der Waals surface area contributed by atoms with Crippen LogP contribution in [0.2, 0.25) is 0 Å². The molecule has 3 rings (SSSR count). The van der Waals surface area contributed by atoms with Gasteiger partial charge >= 0.3 is 5.97 Å². The molecule has 4 heteroatoms. The summed E-state index contributed by atoms with van der Waals surface area (Å²) in [5.74, 6) is 0.612. The highest BCUT2D eigenvalue weighted by Crippen LogP contribution is 2.44. The van der Waals surface area contributed by atoms with Gasteiger partial charge in [0, 0.05) is 12.5 Å². The molecule has 0 saturated heterocycles. The fraction of sp³-hybridized carbons (Fsp3) is 0.579. The van der Waals surface area contributed by atoms with E-state index in [4.69, 9.17) is 5.11 Å². The maximum absolute atomic E-state index is 12.1. The van der Waals surface area contributed by atoms with Crippen LogP contribution in [0.3, 0.4) is 0 Å². The minimum atomic E-state index is -0.930. The number of aromatic carboxylic acids is 1. The molecule has 0 aliphatic heterocycles. The number of benzene rings is 1. The summed E-state index contributed by atoms with van der Waals surface area (Å²) in [4.78, 5) is 23.3. The minimum absolute atomic E-state index is 0.0495. The molecule has 1 amide bonds. The molecule has 2 aliphatic rings. The Balaban J connectivity index is 1.45. The Morgan fingerprint density at radius 1 is 1.13 bits per heavy atom. The van der Waals surface area contributed by atoms with Crippen molar-refractivity contribution in [3.8, 4) is 0 Å². The quantitative estimate of drug-likeness (QED) is 0.845. The number of hydrogen-bond donors (Lipinski definition) is 2. The molecule has 0 aromatic heterocycles. The molecule has 2 saturated carbocycles. The lowest BCUT2D eigenvalue weighted by molar-refractivity contribution is -0.121. The second-order valence-electron chi connectivity index (χ2n) is 6.93. The number of nitrogens with one attached hydrogen (secondary N) is 1. The van der Waals surface area contributed by atoms with Gasteiger partial charge in [0.1, 0.15) is 0 Å².